The van der Waals surface area contributed by atoms with Crippen LogP contribution in [0.2, 0.25) is 0 Å². The zero-order valence-corrected chi connectivity index (χ0v) is 25.3. The Morgan fingerprint density at radius 3 is 2.55 bits per heavy atom. The van der Waals surface area contributed by atoms with Gasteiger partial charge < -0.3 is 15.3 Å². The fourth-order valence-corrected chi connectivity index (χ4v) is 6.39. The minimum Gasteiger partial charge on any atom is -0.392 e. The van der Waals surface area contributed by atoms with E-state index in [4.69, 9.17) is 0 Å². The SMILES string of the molecule is CC(=O)c1nn(CC(=O)N2[C@H](C(=O)Nc3nc(Br)ccc3CO)C[C@@]3(C)C[C@@H]23)c2c(C)cc(-c3cnc(C)nc3)cc12. The molecule has 4 heterocycles. The summed E-state index contributed by atoms with van der Waals surface area (Å²) in [4.78, 5) is 54.6. The van der Waals surface area contributed by atoms with Crippen molar-refractivity contribution in [3.05, 3.63) is 63.9 Å². The van der Waals surface area contributed by atoms with Gasteiger partial charge >= 0.3 is 0 Å². The second-order valence-electron chi connectivity index (χ2n) is 11.5. The number of aliphatic hydroxyl groups excluding tert-OH is 1. The van der Waals surface area contributed by atoms with Gasteiger partial charge in [0.15, 0.2) is 5.78 Å². The fourth-order valence-electron chi connectivity index (χ4n) is 6.08. The standard InChI is InChI=1S/C30H30BrN7O4/c1-15-7-19(20-11-32-17(3)33-12-20)8-21-26(16(2)40)36-37(27(15)21)13-25(41)38-22(9-30(4)10-23(30)38)29(42)35-28-18(14-39)5-6-24(31)34-28/h5-8,11-12,22-23,39H,9-10,13-14H2,1-4H3,(H,34,35,42)/t22-,23+,30-/m0/s1. The van der Waals surface area contributed by atoms with E-state index in [0.29, 0.717) is 33.3 Å². The molecule has 0 radical (unpaired) electrons. The zero-order chi connectivity index (χ0) is 29.9. The number of fused-ring (bicyclic) bond motifs is 2. The molecule has 2 fully saturated rings. The van der Waals surface area contributed by atoms with Gasteiger partial charge in [-0.25, -0.2) is 15.0 Å². The molecule has 11 nitrogen and oxygen atoms in total. The van der Waals surface area contributed by atoms with Crippen LogP contribution in [0.5, 0.6) is 0 Å². The summed E-state index contributed by atoms with van der Waals surface area (Å²) >= 11 is 3.31. The Bertz CT molecular complexity index is 1770. The number of amides is 2. The lowest BCUT2D eigenvalue weighted by Crippen LogP contribution is -2.47. The van der Waals surface area contributed by atoms with Gasteiger partial charge in [-0.2, -0.15) is 5.10 Å². The molecule has 3 atom stereocenters. The second kappa shape index (κ2) is 10.4. The number of ketones is 1. The number of anilines is 1. The van der Waals surface area contributed by atoms with Crippen LogP contribution in [0.25, 0.3) is 22.0 Å². The highest BCUT2D eigenvalue weighted by atomic mass is 79.9. The summed E-state index contributed by atoms with van der Waals surface area (Å²) in [5.74, 6) is 0.102. The zero-order valence-electron chi connectivity index (χ0n) is 23.7. The smallest absolute Gasteiger partial charge is 0.248 e. The highest BCUT2D eigenvalue weighted by Gasteiger charge is 2.64. The highest BCUT2D eigenvalue weighted by Crippen LogP contribution is 2.59. The number of piperidine rings is 1. The maximum atomic E-state index is 13.9. The van der Waals surface area contributed by atoms with Crippen LogP contribution in [-0.2, 0) is 22.7 Å². The fraction of sp³-hybridized carbons (Fsp3) is 0.367. The van der Waals surface area contributed by atoms with Crippen LogP contribution in [0.15, 0.2) is 41.3 Å². The van der Waals surface area contributed by atoms with Crippen LogP contribution in [0.4, 0.5) is 5.82 Å². The normalized spacial score (nSPS) is 21.0. The minimum absolute atomic E-state index is 0.0585. The van der Waals surface area contributed by atoms with Crippen molar-refractivity contribution in [3.8, 4) is 11.1 Å². The number of Topliss-reactive ketones (excluding diaryl/α,β-unsaturated/α-hetero) is 1. The lowest BCUT2D eigenvalue weighted by molar-refractivity contribution is -0.138. The van der Waals surface area contributed by atoms with Gasteiger partial charge in [-0.3, -0.25) is 19.1 Å². The maximum absolute atomic E-state index is 13.9. The first-order valence-electron chi connectivity index (χ1n) is 13.7. The number of nitrogens with one attached hydrogen (secondary N) is 1. The van der Waals surface area contributed by atoms with Gasteiger partial charge in [0.1, 0.15) is 34.5 Å². The third-order valence-corrected chi connectivity index (χ3v) is 8.79. The molecule has 1 saturated carbocycles. The van der Waals surface area contributed by atoms with E-state index in [0.717, 1.165) is 23.1 Å². The molecule has 1 saturated heterocycles. The first-order valence-corrected chi connectivity index (χ1v) is 14.5. The van der Waals surface area contributed by atoms with Crippen molar-refractivity contribution in [1.29, 1.82) is 0 Å². The largest absolute Gasteiger partial charge is 0.392 e. The number of hydrogen-bond donors (Lipinski definition) is 2. The van der Waals surface area contributed by atoms with Crippen molar-refractivity contribution < 1.29 is 19.5 Å². The molecule has 1 aromatic carbocycles. The molecule has 1 aliphatic carbocycles. The molecular formula is C30H30BrN7O4. The van der Waals surface area contributed by atoms with Crippen LogP contribution < -0.4 is 5.32 Å². The van der Waals surface area contributed by atoms with Crippen molar-refractivity contribution in [1.82, 2.24) is 29.6 Å². The number of nitrogens with zero attached hydrogens (tertiary/aromatic N) is 6. The molecule has 1 aliphatic heterocycles. The summed E-state index contributed by atoms with van der Waals surface area (Å²) in [6.45, 7) is 6.87. The lowest BCUT2D eigenvalue weighted by atomic mass is 10.0. The van der Waals surface area contributed by atoms with Crippen molar-refractivity contribution in [3.63, 3.8) is 0 Å². The van der Waals surface area contributed by atoms with Crippen molar-refractivity contribution >= 4 is 50.2 Å². The molecular weight excluding hydrogens is 602 g/mol. The Balaban J connectivity index is 1.31. The molecule has 0 spiro atoms. The van der Waals surface area contributed by atoms with E-state index in [1.807, 2.05) is 26.0 Å². The molecule has 3 aromatic heterocycles. The van der Waals surface area contributed by atoms with E-state index >= 15 is 0 Å². The van der Waals surface area contributed by atoms with Gasteiger partial charge in [0.2, 0.25) is 11.8 Å². The van der Waals surface area contributed by atoms with Gasteiger partial charge in [-0.1, -0.05) is 13.0 Å². The summed E-state index contributed by atoms with van der Waals surface area (Å²) in [5, 5.41) is 17.8. The van der Waals surface area contributed by atoms with Crippen LogP contribution in [0.1, 0.15) is 54.1 Å². The van der Waals surface area contributed by atoms with E-state index < -0.39 is 6.04 Å². The third-order valence-electron chi connectivity index (χ3n) is 8.35. The number of aliphatic hydroxyl groups is 1. The van der Waals surface area contributed by atoms with E-state index in [1.54, 1.807) is 34.1 Å². The molecule has 12 heteroatoms. The average molecular weight is 633 g/mol. The summed E-state index contributed by atoms with van der Waals surface area (Å²) < 4.78 is 2.09. The van der Waals surface area contributed by atoms with Crippen LogP contribution in [0, 0.1) is 19.3 Å². The molecule has 216 valence electrons. The summed E-state index contributed by atoms with van der Waals surface area (Å²) in [6.07, 6.45) is 4.82. The van der Waals surface area contributed by atoms with Crippen molar-refractivity contribution in [2.45, 2.75) is 65.8 Å². The van der Waals surface area contributed by atoms with Crippen LogP contribution in [0.3, 0.4) is 0 Å². The third kappa shape index (κ3) is 4.88. The molecule has 2 N–H and O–H groups in total. The van der Waals surface area contributed by atoms with E-state index in [-0.39, 0.29) is 53.7 Å². The number of likely N-dealkylation sites (tertiary alicyclic amines) is 1. The Kier molecular flexibility index (Phi) is 6.93. The summed E-state index contributed by atoms with van der Waals surface area (Å²) in [7, 11) is 0. The number of pyridine rings is 1. The Morgan fingerprint density at radius 2 is 1.86 bits per heavy atom. The van der Waals surface area contributed by atoms with Gasteiger partial charge in [0, 0.05) is 41.9 Å². The Labute approximate surface area is 250 Å². The molecule has 4 aromatic rings. The Morgan fingerprint density at radius 1 is 1.12 bits per heavy atom. The first kappa shape index (κ1) is 28.1. The molecule has 2 amide bonds. The Hall–Kier alpha value is -4.03. The van der Waals surface area contributed by atoms with Crippen molar-refractivity contribution in [2.75, 3.05) is 5.32 Å². The van der Waals surface area contributed by atoms with E-state index in [9.17, 15) is 19.5 Å². The maximum Gasteiger partial charge on any atom is 0.248 e. The molecule has 0 bridgehead atoms. The number of aromatic nitrogens is 5. The number of rotatable bonds is 7. The predicted molar refractivity (Wildman–Crippen MR) is 158 cm³/mol. The summed E-state index contributed by atoms with van der Waals surface area (Å²) in [5.41, 5.74) is 3.81. The van der Waals surface area contributed by atoms with Crippen molar-refractivity contribution in [2.24, 2.45) is 5.41 Å². The second-order valence-corrected chi connectivity index (χ2v) is 12.3. The topological polar surface area (TPSA) is 143 Å². The van der Waals surface area contributed by atoms with E-state index in [2.05, 4.69) is 48.2 Å². The molecule has 0 unspecified atom stereocenters. The summed E-state index contributed by atoms with van der Waals surface area (Å²) in [6, 6.07) is 6.46. The average Bonchev–Trinajstić information content (AvgIpc) is 3.29. The molecule has 42 heavy (non-hydrogen) atoms. The van der Waals surface area contributed by atoms with Gasteiger partial charge in [0.25, 0.3) is 0 Å². The highest BCUT2D eigenvalue weighted by molar-refractivity contribution is 9.10. The number of benzene rings is 1. The van der Waals surface area contributed by atoms with Gasteiger partial charge in [0.05, 0.1) is 12.1 Å². The number of carbonyl (C=O) groups excluding carboxylic acids is 3. The van der Waals surface area contributed by atoms with Gasteiger partial charge in [-0.05, 0) is 77.4 Å². The van der Waals surface area contributed by atoms with Crippen LogP contribution in [-0.4, -0.2) is 64.4 Å². The van der Waals surface area contributed by atoms with Gasteiger partial charge in [-0.15, -0.1) is 0 Å². The predicted octanol–water partition coefficient (Wildman–Crippen LogP) is 3.98. The first-order chi connectivity index (χ1) is 20.0. The minimum atomic E-state index is -0.697. The number of hydrogen-bond acceptors (Lipinski definition) is 8. The monoisotopic (exact) mass is 631 g/mol. The number of halogens is 1. The van der Waals surface area contributed by atoms with Crippen LogP contribution >= 0.6 is 15.9 Å². The van der Waals surface area contributed by atoms with E-state index in [1.165, 1.54) is 6.92 Å². The number of carbonyl (C=O) groups is 3. The molecule has 2 aliphatic rings. The molecule has 6 rings (SSSR count). The lowest BCUT2D eigenvalue weighted by Gasteiger charge is -2.27. The quantitative estimate of drug-likeness (QED) is 0.230. The number of aryl methyl sites for hydroxylation is 2.